The molecule has 0 aliphatic carbocycles. The third-order valence-corrected chi connectivity index (χ3v) is 5.59. The molecule has 0 saturated carbocycles. The van der Waals surface area contributed by atoms with Crippen LogP contribution in [0.1, 0.15) is 57.6 Å². The molecule has 0 radical (unpaired) electrons. The maximum atomic E-state index is 6.10. The number of ether oxygens (including phenoxy) is 1. The molecule has 3 heteroatoms. The Hall–Kier alpha value is -1.18. The van der Waals surface area contributed by atoms with Crippen LogP contribution >= 0.6 is 23.2 Å². The third kappa shape index (κ3) is 7.39. The van der Waals surface area contributed by atoms with Gasteiger partial charge in [0.25, 0.3) is 0 Å². The van der Waals surface area contributed by atoms with Crippen LogP contribution in [-0.4, -0.2) is 6.61 Å². The minimum absolute atomic E-state index is 0.491. The lowest BCUT2D eigenvalue weighted by molar-refractivity contribution is 0.276. The third-order valence-electron chi connectivity index (χ3n) is 5.00. The highest BCUT2D eigenvalue weighted by Gasteiger charge is 2.07. The van der Waals surface area contributed by atoms with Crippen LogP contribution in [0.3, 0.4) is 0 Å². The summed E-state index contributed by atoms with van der Waals surface area (Å²) in [6.07, 6.45) is 5.03. The minimum atomic E-state index is 0.491. The molecular weight excluding hydrogens is 375 g/mol. The van der Waals surface area contributed by atoms with Crippen LogP contribution in [0.25, 0.3) is 11.1 Å². The summed E-state index contributed by atoms with van der Waals surface area (Å²) in [5, 5.41) is 0. The van der Waals surface area contributed by atoms with Crippen LogP contribution in [0, 0.1) is 11.8 Å². The van der Waals surface area contributed by atoms with Crippen molar-refractivity contribution in [2.75, 3.05) is 6.61 Å². The molecule has 0 aliphatic heterocycles. The lowest BCUT2D eigenvalue weighted by Gasteiger charge is -2.14. The Morgan fingerprint density at radius 1 is 0.852 bits per heavy atom. The van der Waals surface area contributed by atoms with E-state index in [2.05, 4.69) is 45.0 Å². The molecule has 1 atom stereocenters. The van der Waals surface area contributed by atoms with Gasteiger partial charge in [-0.3, -0.25) is 0 Å². The summed E-state index contributed by atoms with van der Waals surface area (Å²) in [5.41, 5.74) is 4.52. The first-order chi connectivity index (χ1) is 13.0. The molecule has 0 fully saturated rings. The van der Waals surface area contributed by atoms with E-state index in [1.807, 2.05) is 18.2 Å². The second kappa shape index (κ2) is 11.6. The van der Waals surface area contributed by atoms with Gasteiger partial charge >= 0.3 is 0 Å². The zero-order valence-corrected chi connectivity index (χ0v) is 18.3. The van der Waals surface area contributed by atoms with Gasteiger partial charge in [0.1, 0.15) is 5.75 Å². The highest BCUT2D eigenvalue weighted by Crippen LogP contribution is 2.29. The van der Waals surface area contributed by atoms with Crippen LogP contribution in [-0.2, 0) is 11.8 Å². The molecule has 0 amide bonds. The summed E-state index contributed by atoms with van der Waals surface area (Å²) >= 11 is 12.1. The smallest absolute Gasteiger partial charge is 0.119 e. The monoisotopic (exact) mass is 406 g/mol. The molecule has 0 aliphatic rings. The van der Waals surface area contributed by atoms with Crippen molar-refractivity contribution in [3.8, 4) is 16.9 Å². The van der Waals surface area contributed by atoms with Crippen molar-refractivity contribution in [2.45, 2.75) is 58.2 Å². The second-order valence-corrected chi connectivity index (χ2v) is 8.38. The van der Waals surface area contributed by atoms with Crippen molar-refractivity contribution in [2.24, 2.45) is 11.8 Å². The first-order valence-corrected chi connectivity index (χ1v) is 11.1. The molecule has 148 valence electrons. The zero-order chi connectivity index (χ0) is 19.6. The van der Waals surface area contributed by atoms with E-state index in [1.165, 1.54) is 19.3 Å². The largest absolute Gasteiger partial charge is 0.494 e. The number of rotatable bonds is 11. The first-order valence-electron chi connectivity index (χ1n) is 10.0. The van der Waals surface area contributed by atoms with Crippen molar-refractivity contribution in [1.29, 1.82) is 0 Å². The summed E-state index contributed by atoms with van der Waals surface area (Å²) in [7, 11) is 0. The molecule has 2 rings (SSSR count). The van der Waals surface area contributed by atoms with E-state index in [1.54, 1.807) is 0 Å². The fourth-order valence-corrected chi connectivity index (χ4v) is 3.62. The van der Waals surface area contributed by atoms with Gasteiger partial charge in [-0.15, -0.1) is 23.2 Å². The van der Waals surface area contributed by atoms with Gasteiger partial charge < -0.3 is 4.74 Å². The van der Waals surface area contributed by atoms with Gasteiger partial charge in [-0.25, -0.2) is 0 Å². The van der Waals surface area contributed by atoms with E-state index in [9.17, 15) is 0 Å². The molecule has 2 aromatic carbocycles. The quantitative estimate of drug-likeness (QED) is 0.342. The number of benzene rings is 2. The molecule has 0 bridgehead atoms. The van der Waals surface area contributed by atoms with Crippen molar-refractivity contribution >= 4 is 23.2 Å². The Labute approximate surface area is 175 Å². The highest BCUT2D eigenvalue weighted by atomic mass is 35.5. The predicted molar refractivity (Wildman–Crippen MR) is 119 cm³/mol. The Kier molecular flexibility index (Phi) is 9.51. The van der Waals surface area contributed by atoms with E-state index in [0.717, 1.165) is 46.9 Å². The lowest BCUT2D eigenvalue weighted by Crippen LogP contribution is -2.04. The number of alkyl halides is 2. The van der Waals surface area contributed by atoms with E-state index in [4.69, 9.17) is 27.9 Å². The van der Waals surface area contributed by atoms with E-state index in [0.29, 0.717) is 17.7 Å². The van der Waals surface area contributed by atoms with E-state index < -0.39 is 0 Å². The van der Waals surface area contributed by atoms with Crippen LogP contribution < -0.4 is 4.74 Å². The zero-order valence-electron chi connectivity index (χ0n) is 16.8. The van der Waals surface area contributed by atoms with Crippen LogP contribution in [0.4, 0.5) is 0 Å². The molecule has 0 spiro atoms. The molecule has 27 heavy (non-hydrogen) atoms. The number of hydrogen-bond acceptors (Lipinski definition) is 1. The fraction of sp³-hybridized carbons (Fsp3) is 0.500. The molecule has 1 nitrogen and oxygen atoms in total. The molecular formula is C24H32Cl2O. The highest BCUT2D eigenvalue weighted by molar-refractivity contribution is 6.18. The molecule has 0 saturated heterocycles. The lowest BCUT2D eigenvalue weighted by atomic mass is 9.97. The fourth-order valence-electron chi connectivity index (χ4n) is 3.22. The minimum Gasteiger partial charge on any atom is -0.494 e. The van der Waals surface area contributed by atoms with Crippen molar-refractivity contribution in [1.82, 2.24) is 0 Å². The average molecular weight is 407 g/mol. The van der Waals surface area contributed by atoms with E-state index >= 15 is 0 Å². The SMILES string of the molecule is CC(C)CCCC(C)CCOc1ccc(-c2cc(CCl)ccc2CCl)cc1. The summed E-state index contributed by atoms with van der Waals surface area (Å²) in [5.74, 6) is 3.44. The van der Waals surface area contributed by atoms with Gasteiger partial charge in [0, 0.05) is 11.8 Å². The van der Waals surface area contributed by atoms with Gasteiger partial charge in [0.2, 0.25) is 0 Å². The second-order valence-electron chi connectivity index (χ2n) is 7.85. The molecule has 1 unspecified atom stereocenters. The van der Waals surface area contributed by atoms with Crippen LogP contribution in [0.5, 0.6) is 5.75 Å². The van der Waals surface area contributed by atoms with Gasteiger partial charge in [0.15, 0.2) is 0 Å². The molecule has 0 N–H and O–H groups in total. The Morgan fingerprint density at radius 3 is 2.22 bits per heavy atom. The standard InChI is InChI=1S/C24H32Cl2O/c1-18(2)5-4-6-19(3)13-14-27-23-11-9-21(10-12-23)24-15-20(16-25)7-8-22(24)17-26/h7-12,15,18-19H,4-6,13-14,16-17H2,1-3H3. The summed E-state index contributed by atoms with van der Waals surface area (Å²) < 4.78 is 5.95. The Morgan fingerprint density at radius 2 is 1.59 bits per heavy atom. The van der Waals surface area contributed by atoms with Gasteiger partial charge in [-0.1, -0.05) is 64.3 Å². The van der Waals surface area contributed by atoms with Crippen molar-refractivity contribution < 1.29 is 4.74 Å². The normalized spacial score (nSPS) is 12.4. The maximum Gasteiger partial charge on any atom is 0.119 e. The van der Waals surface area contributed by atoms with Crippen LogP contribution in [0.15, 0.2) is 42.5 Å². The Bertz CT molecular complexity index is 679. The van der Waals surface area contributed by atoms with E-state index in [-0.39, 0.29) is 0 Å². The molecule has 0 heterocycles. The molecule has 0 aromatic heterocycles. The van der Waals surface area contributed by atoms with Gasteiger partial charge in [0.05, 0.1) is 6.61 Å². The predicted octanol–water partition coefficient (Wildman–Crippen LogP) is 8.06. The van der Waals surface area contributed by atoms with Crippen LogP contribution in [0.2, 0.25) is 0 Å². The number of halogens is 2. The number of hydrogen-bond donors (Lipinski definition) is 0. The van der Waals surface area contributed by atoms with Gasteiger partial charge in [-0.2, -0.15) is 0 Å². The summed E-state index contributed by atoms with van der Waals surface area (Å²) in [6, 6.07) is 14.5. The average Bonchev–Trinajstić information content (AvgIpc) is 2.67. The Balaban J connectivity index is 1.88. The first kappa shape index (κ1) is 22.1. The summed E-state index contributed by atoms with van der Waals surface area (Å²) in [6.45, 7) is 7.68. The molecule has 2 aromatic rings. The van der Waals surface area contributed by atoms with Gasteiger partial charge in [-0.05, 0) is 58.7 Å². The maximum absolute atomic E-state index is 6.10. The van der Waals surface area contributed by atoms with Crippen molar-refractivity contribution in [3.05, 3.63) is 53.6 Å². The van der Waals surface area contributed by atoms with Crippen molar-refractivity contribution in [3.63, 3.8) is 0 Å². The topological polar surface area (TPSA) is 9.23 Å². The summed E-state index contributed by atoms with van der Waals surface area (Å²) in [4.78, 5) is 0.